The van der Waals surface area contributed by atoms with Gasteiger partial charge in [-0.05, 0) is 11.6 Å². The van der Waals surface area contributed by atoms with Gasteiger partial charge in [0.25, 0.3) is 0 Å². The predicted octanol–water partition coefficient (Wildman–Crippen LogP) is 3.76. The van der Waals surface area contributed by atoms with Crippen LogP contribution in [0, 0.1) is 0 Å². The first-order valence-corrected chi connectivity index (χ1v) is 7.22. The van der Waals surface area contributed by atoms with E-state index < -0.39 is 0 Å². The number of imidazole rings is 1. The molecule has 0 aliphatic heterocycles. The smallest absolute Gasteiger partial charge is 0.124 e. The van der Waals surface area contributed by atoms with Gasteiger partial charge in [0.1, 0.15) is 12.2 Å². The van der Waals surface area contributed by atoms with E-state index in [1.165, 1.54) is 5.56 Å². The molecule has 0 amide bonds. The second-order valence-electron chi connectivity index (χ2n) is 5.19. The largest absolute Gasteiger partial charge is 0.356 e. The number of nitrogens with zero attached hydrogens (tertiary/aromatic N) is 3. The molecule has 4 aromatic rings. The van der Waals surface area contributed by atoms with Crippen LogP contribution in [0.5, 0.6) is 0 Å². The second-order valence-corrected chi connectivity index (χ2v) is 5.19. The monoisotopic (exact) mass is 289 g/mol. The first-order valence-electron chi connectivity index (χ1n) is 7.22. The zero-order valence-corrected chi connectivity index (χ0v) is 12.0. The maximum atomic E-state index is 5.82. The number of para-hydroxylation sites is 1. The van der Waals surface area contributed by atoms with Gasteiger partial charge in [0, 0.05) is 5.39 Å². The molecular weight excluding hydrogens is 274 g/mol. The summed E-state index contributed by atoms with van der Waals surface area (Å²) in [5.41, 5.74) is 4.10. The van der Waals surface area contributed by atoms with Crippen molar-refractivity contribution in [2.45, 2.75) is 13.3 Å². The van der Waals surface area contributed by atoms with Crippen molar-refractivity contribution < 1.29 is 4.74 Å². The van der Waals surface area contributed by atoms with Crippen molar-refractivity contribution >= 4 is 21.9 Å². The first-order chi connectivity index (χ1) is 10.9. The van der Waals surface area contributed by atoms with E-state index in [2.05, 4.69) is 28.2 Å². The minimum Gasteiger partial charge on any atom is -0.356 e. The fourth-order valence-corrected chi connectivity index (χ4v) is 2.64. The molecule has 22 heavy (non-hydrogen) atoms. The molecule has 0 aliphatic rings. The van der Waals surface area contributed by atoms with E-state index in [-0.39, 0.29) is 0 Å². The van der Waals surface area contributed by atoms with E-state index in [1.54, 1.807) is 0 Å². The van der Waals surface area contributed by atoms with Gasteiger partial charge in [0.05, 0.1) is 30.2 Å². The lowest BCUT2D eigenvalue weighted by Crippen LogP contribution is -2.02. The van der Waals surface area contributed by atoms with Crippen LogP contribution in [0.25, 0.3) is 21.9 Å². The summed E-state index contributed by atoms with van der Waals surface area (Å²) in [5.74, 6) is 0. The summed E-state index contributed by atoms with van der Waals surface area (Å²) in [6.45, 7) is 1.06. The molecule has 0 unspecified atom stereocenters. The Balaban J connectivity index is 1.63. The number of fused-ring (bicyclic) bond motifs is 3. The number of hydrogen-bond donors (Lipinski definition) is 0. The Kier molecular flexibility index (Phi) is 3.29. The molecule has 0 saturated carbocycles. The second kappa shape index (κ2) is 5.58. The Morgan fingerprint density at radius 1 is 0.864 bits per heavy atom. The number of pyridine rings is 1. The van der Waals surface area contributed by atoms with Crippen LogP contribution in [-0.4, -0.2) is 14.5 Å². The van der Waals surface area contributed by atoms with Crippen molar-refractivity contribution in [1.82, 2.24) is 14.5 Å². The van der Waals surface area contributed by atoms with Crippen LogP contribution >= 0.6 is 0 Å². The van der Waals surface area contributed by atoms with Crippen LogP contribution in [0.3, 0.4) is 0 Å². The molecule has 0 fully saturated rings. The van der Waals surface area contributed by atoms with E-state index >= 15 is 0 Å². The highest BCUT2D eigenvalue weighted by molar-refractivity contribution is 6.01. The minimum atomic E-state index is 0.472. The van der Waals surface area contributed by atoms with Crippen LogP contribution in [-0.2, 0) is 18.1 Å². The molecule has 0 bridgehead atoms. The Morgan fingerprint density at radius 2 is 1.68 bits per heavy atom. The van der Waals surface area contributed by atoms with E-state index in [0.717, 1.165) is 21.9 Å². The lowest BCUT2D eigenvalue weighted by molar-refractivity contribution is 0.0665. The van der Waals surface area contributed by atoms with Crippen LogP contribution in [0.15, 0.2) is 67.1 Å². The first kappa shape index (κ1) is 13.0. The average molecular weight is 289 g/mol. The summed E-state index contributed by atoms with van der Waals surface area (Å²) in [6.07, 6.45) is 3.62. The van der Waals surface area contributed by atoms with Crippen molar-refractivity contribution in [2.24, 2.45) is 0 Å². The zero-order chi connectivity index (χ0) is 14.8. The number of rotatable bonds is 4. The number of benzene rings is 2. The molecule has 0 aliphatic carbocycles. The maximum Gasteiger partial charge on any atom is 0.124 e. The zero-order valence-electron chi connectivity index (χ0n) is 12.0. The van der Waals surface area contributed by atoms with E-state index in [0.29, 0.717) is 13.3 Å². The van der Waals surface area contributed by atoms with Crippen molar-refractivity contribution in [2.75, 3.05) is 0 Å². The van der Waals surface area contributed by atoms with Crippen molar-refractivity contribution in [3.63, 3.8) is 0 Å². The molecule has 108 valence electrons. The summed E-state index contributed by atoms with van der Waals surface area (Å²) in [5, 5.41) is 1.10. The number of aromatic nitrogens is 3. The number of hydrogen-bond acceptors (Lipinski definition) is 3. The fraction of sp³-hybridized carbons (Fsp3) is 0.111. The van der Waals surface area contributed by atoms with E-state index in [1.807, 2.05) is 53.5 Å². The molecule has 4 heteroatoms. The summed E-state index contributed by atoms with van der Waals surface area (Å²) >= 11 is 0. The van der Waals surface area contributed by atoms with Crippen LogP contribution < -0.4 is 0 Å². The molecule has 2 aromatic heterocycles. The molecular formula is C18H15N3O. The van der Waals surface area contributed by atoms with E-state index in [9.17, 15) is 0 Å². The molecule has 0 atom stereocenters. The summed E-state index contributed by atoms with van der Waals surface area (Å²) in [4.78, 5) is 8.85. The fourth-order valence-electron chi connectivity index (χ4n) is 2.64. The van der Waals surface area contributed by atoms with Gasteiger partial charge in [-0.25, -0.2) is 4.98 Å². The van der Waals surface area contributed by atoms with Gasteiger partial charge in [-0.3, -0.25) is 4.98 Å². The minimum absolute atomic E-state index is 0.472. The molecule has 4 rings (SSSR count). The van der Waals surface area contributed by atoms with Crippen molar-refractivity contribution in [3.05, 3.63) is 72.7 Å². The lowest BCUT2D eigenvalue weighted by Gasteiger charge is -2.08. The third kappa shape index (κ3) is 2.34. The molecule has 0 N–H and O–H groups in total. The van der Waals surface area contributed by atoms with Crippen molar-refractivity contribution in [3.8, 4) is 0 Å². The van der Waals surface area contributed by atoms with Gasteiger partial charge >= 0.3 is 0 Å². The molecule has 2 aromatic carbocycles. The normalized spacial score (nSPS) is 11.3. The molecule has 0 spiro atoms. The van der Waals surface area contributed by atoms with Gasteiger partial charge in [0.15, 0.2) is 0 Å². The Hall–Kier alpha value is -2.72. The Morgan fingerprint density at radius 3 is 2.59 bits per heavy atom. The standard InChI is InChI=1S/C18H15N3O/c1-2-6-14(7-3-1)11-22-13-21-12-20-17-10-19-16-9-5-4-8-15(16)18(17)21/h1-10,12H,11,13H2. The molecule has 0 radical (unpaired) electrons. The van der Waals surface area contributed by atoms with Crippen LogP contribution in [0.1, 0.15) is 5.56 Å². The van der Waals surface area contributed by atoms with Gasteiger partial charge in [0.2, 0.25) is 0 Å². The van der Waals surface area contributed by atoms with Gasteiger partial charge in [-0.15, -0.1) is 0 Å². The quantitative estimate of drug-likeness (QED) is 0.574. The van der Waals surface area contributed by atoms with E-state index in [4.69, 9.17) is 4.74 Å². The maximum absolute atomic E-state index is 5.82. The molecule has 4 nitrogen and oxygen atoms in total. The van der Waals surface area contributed by atoms with Crippen LogP contribution in [0.4, 0.5) is 0 Å². The van der Waals surface area contributed by atoms with Crippen molar-refractivity contribution in [1.29, 1.82) is 0 Å². The topological polar surface area (TPSA) is 39.9 Å². The summed E-state index contributed by atoms with van der Waals surface area (Å²) in [7, 11) is 0. The third-order valence-corrected chi connectivity index (χ3v) is 3.69. The van der Waals surface area contributed by atoms with Gasteiger partial charge in [-0.2, -0.15) is 0 Å². The average Bonchev–Trinajstić information content (AvgIpc) is 3.00. The Labute approximate surface area is 128 Å². The highest BCUT2D eigenvalue weighted by atomic mass is 16.5. The predicted molar refractivity (Wildman–Crippen MR) is 86.3 cm³/mol. The summed E-state index contributed by atoms with van der Waals surface area (Å²) < 4.78 is 7.85. The van der Waals surface area contributed by atoms with Gasteiger partial charge < -0.3 is 9.30 Å². The lowest BCUT2D eigenvalue weighted by atomic mass is 10.2. The Bertz CT molecular complexity index is 915. The molecule has 2 heterocycles. The highest BCUT2D eigenvalue weighted by Crippen LogP contribution is 2.22. The number of ether oxygens (including phenoxy) is 1. The molecule has 0 saturated heterocycles. The van der Waals surface area contributed by atoms with Gasteiger partial charge in [-0.1, -0.05) is 48.5 Å². The highest BCUT2D eigenvalue weighted by Gasteiger charge is 2.07. The van der Waals surface area contributed by atoms with Crippen LogP contribution in [0.2, 0.25) is 0 Å². The summed E-state index contributed by atoms with van der Waals surface area (Å²) in [6, 6.07) is 18.3. The SMILES string of the molecule is c1ccc(COCn2cnc3cnc4ccccc4c32)cc1. The third-order valence-electron chi connectivity index (χ3n) is 3.69.